The standard InChI is InChI=1S/C25H26FNO2.C2H6/c1-29-24-16-21(15-22(26)17-24)25(20-7-9-23(28)10-8-20)11-13-27(14-12-25)18-19-5-3-2-4-6-19;1-2/h2-10,15-17,28H,11-14,18H2,1H3;1-2H3. The van der Waals surface area contributed by atoms with Crippen LogP contribution in [0.4, 0.5) is 4.39 Å². The first-order valence-electron chi connectivity index (χ1n) is 11.0. The first-order chi connectivity index (χ1) is 15.1. The van der Waals surface area contributed by atoms with Gasteiger partial charge in [0.05, 0.1) is 7.11 Å². The Kier molecular flexibility index (Phi) is 7.69. The van der Waals surface area contributed by atoms with Crippen LogP contribution in [0.3, 0.4) is 0 Å². The first kappa shape index (κ1) is 22.8. The number of piperidine rings is 1. The van der Waals surface area contributed by atoms with Crippen LogP contribution in [0.25, 0.3) is 0 Å². The minimum Gasteiger partial charge on any atom is -0.508 e. The lowest BCUT2D eigenvalue weighted by molar-refractivity contribution is 0.172. The SMILES string of the molecule is CC.COc1cc(F)cc(C2(c3ccc(O)cc3)CCN(Cc3ccccc3)CC2)c1. The third kappa shape index (κ3) is 5.26. The van der Waals surface area contributed by atoms with E-state index in [0.29, 0.717) is 5.75 Å². The van der Waals surface area contributed by atoms with Gasteiger partial charge in [0.1, 0.15) is 17.3 Å². The zero-order chi connectivity index (χ0) is 22.3. The molecule has 1 aliphatic heterocycles. The molecular formula is C27H32FNO2. The average Bonchev–Trinajstić information content (AvgIpc) is 2.82. The van der Waals surface area contributed by atoms with Gasteiger partial charge in [0, 0.05) is 18.0 Å². The van der Waals surface area contributed by atoms with Crippen LogP contribution < -0.4 is 4.74 Å². The van der Waals surface area contributed by atoms with Crippen LogP contribution in [-0.4, -0.2) is 30.2 Å². The summed E-state index contributed by atoms with van der Waals surface area (Å²) in [5, 5.41) is 9.75. The third-order valence-corrected chi connectivity index (χ3v) is 6.04. The normalized spacial score (nSPS) is 15.6. The van der Waals surface area contributed by atoms with Gasteiger partial charge >= 0.3 is 0 Å². The molecule has 3 aromatic carbocycles. The number of aromatic hydroxyl groups is 1. The summed E-state index contributed by atoms with van der Waals surface area (Å²) >= 11 is 0. The number of hydrogen-bond acceptors (Lipinski definition) is 3. The molecule has 0 aliphatic carbocycles. The lowest BCUT2D eigenvalue weighted by Crippen LogP contribution is -2.43. The van der Waals surface area contributed by atoms with Gasteiger partial charge in [-0.25, -0.2) is 4.39 Å². The van der Waals surface area contributed by atoms with Crippen molar-refractivity contribution in [2.45, 2.75) is 38.6 Å². The molecule has 0 spiro atoms. The monoisotopic (exact) mass is 421 g/mol. The Morgan fingerprint density at radius 2 is 1.55 bits per heavy atom. The highest BCUT2D eigenvalue weighted by Gasteiger charge is 2.38. The van der Waals surface area contributed by atoms with Gasteiger partial charge in [-0.15, -0.1) is 0 Å². The highest BCUT2D eigenvalue weighted by molar-refractivity contribution is 5.45. The molecule has 31 heavy (non-hydrogen) atoms. The van der Waals surface area contributed by atoms with Crippen molar-refractivity contribution in [2.24, 2.45) is 0 Å². The molecule has 0 bridgehead atoms. The Bertz CT molecular complexity index is 949. The first-order valence-corrected chi connectivity index (χ1v) is 11.0. The van der Waals surface area contributed by atoms with Crippen LogP contribution in [0.5, 0.6) is 11.5 Å². The predicted molar refractivity (Wildman–Crippen MR) is 124 cm³/mol. The highest BCUT2D eigenvalue weighted by atomic mass is 19.1. The molecule has 1 fully saturated rings. The van der Waals surface area contributed by atoms with E-state index >= 15 is 0 Å². The van der Waals surface area contributed by atoms with Gasteiger partial charge < -0.3 is 9.84 Å². The largest absolute Gasteiger partial charge is 0.508 e. The zero-order valence-electron chi connectivity index (χ0n) is 18.6. The quantitative estimate of drug-likeness (QED) is 0.536. The van der Waals surface area contributed by atoms with E-state index in [4.69, 9.17) is 4.74 Å². The smallest absolute Gasteiger partial charge is 0.127 e. The van der Waals surface area contributed by atoms with E-state index in [1.807, 2.05) is 38.1 Å². The lowest BCUT2D eigenvalue weighted by atomic mass is 9.68. The molecule has 164 valence electrons. The van der Waals surface area contributed by atoms with Crippen LogP contribution in [0.2, 0.25) is 0 Å². The van der Waals surface area contributed by atoms with Crippen LogP contribution >= 0.6 is 0 Å². The minimum atomic E-state index is -0.309. The maximum absolute atomic E-state index is 14.4. The number of likely N-dealkylation sites (tertiary alicyclic amines) is 1. The fraction of sp³-hybridized carbons (Fsp3) is 0.333. The van der Waals surface area contributed by atoms with Gasteiger partial charge in [-0.05, 0) is 66.9 Å². The van der Waals surface area contributed by atoms with E-state index in [1.165, 1.54) is 11.6 Å². The number of nitrogens with zero attached hydrogens (tertiary/aromatic N) is 1. The summed E-state index contributed by atoms with van der Waals surface area (Å²) in [5.41, 5.74) is 3.02. The van der Waals surface area contributed by atoms with E-state index < -0.39 is 0 Å². The maximum Gasteiger partial charge on any atom is 0.127 e. The van der Waals surface area contributed by atoms with Gasteiger partial charge in [-0.1, -0.05) is 56.3 Å². The summed E-state index contributed by atoms with van der Waals surface area (Å²) in [7, 11) is 1.56. The van der Waals surface area contributed by atoms with Crippen molar-refractivity contribution in [3.63, 3.8) is 0 Å². The number of benzene rings is 3. The van der Waals surface area contributed by atoms with Crippen molar-refractivity contribution < 1.29 is 14.2 Å². The molecule has 0 saturated carbocycles. The van der Waals surface area contributed by atoms with Crippen molar-refractivity contribution in [2.75, 3.05) is 20.2 Å². The van der Waals surface area contributed by atoms with Gasteiger partial charge in [-0.2, -0.15) is 0 Å². The number of phenols is 1. The van der Waals surface area contributed by atoms with E-state index in [1.54, 1.807) is 25.3 Å². The number of phenolic OH excluding ortho intramolecular Hbond substituents is 1. The Morgan fingerprint density at radius 1 is 0.903 bits per heavy atom. The van der Waals surface area contributed by atoms with Crippen LogP contribution in [0.15, 0.2) is 72.8 Å². The molecule has 0 radical (unpaired) electrons. The highest BCUT2D eigenvalue weighted by Crippen LogP contribution is 2.43. The van der Waals surface area contributed by atoms with Crippen molar-refractivity contribution >= 4 is 0 Å². The Hall–Kier alpha value is -2.85. The van der Waals surface area contributed by atoms with E-state index in [9.17, 15) is 9.50 Å². The summed E-state index contributed by atoms with van der Waals surface area (Å²) in [4.78, 5) is 2.45. The van der Waals surface area contributed by atoms with Gasteiger partial charge in [0.2, 0.25) is 0 Å². The Balaban J connectivity index is 0.00000132. The van der Waals surface area contributed by atoms with E-state index in [2.05, 4.69) is 29.2 Å². The number of ether oxygens (including phenoxy) is 1. The van der Waals surface area contributed by atoms with Gasteiger partial charge in [0.25, 0.3) is 0 Å². The Labute approximate surface area is 185 Å². The average molecular weight is 422 g/mol. The molecule has 1 N–H and O–H groups in total. The molecule has 1 saturated heterocycles. The molecule has 4 rings (SSSR count). The second-order valence-electron chi connectivity index (χ2n) is 7.77. The molecule has 0 aromatic heterocycles. The van der Waals surface area contributed by atoms with Crippen molar-refractivity contribution in [1.82, 2.24) is 4.90 Å². The molecule has 0 unspecified atom stereocenters. The topological polar surface area (TPSA) is 32.7 Å². The molecule has 4 heteroatoms. The third-order valence-electron chi connectivity index (χ3n) is 6.04. The fourth-order valence-corrected chi connectivity index (χ4v) is 4.42. The maximum atomic E-state index is 14.4. The van der Waals surface area contributed by atoms with Crippen molar-refractivity contribution in [1.29, 1.82) is 0 Å². The Morgan fingerprint density at radius 3 is 2.16 bits per heavy atom. The van der Waals surface area contributed by atoms with Gasteiger partial charge in [-0.3, -0.25) is 4.90 Å². The predicted octanol–water partition coefficient (Wildman–Crippen LogP) is 6.15. The van der Waals surface area contributed by atoms with Crippen molar-refractivity contribution in [3.05, 3.63) is 95.3 Å². The van der Waals surface area contributed by atoms with E-state index in [0.717, 1.165) is 43.6 Å². The molecule has 1 heterocycles. The summed E-state index contributed by atoms with van der Waals surface area (Å²) < 4.78 is 19.7. The van der Waals surface area contributed by atoms with Crippen LogP contribution in [-0.2, 0) is 12.0 Å². The van der Waals surface area contributed by atoms with E-state index in [-0.39, 0.29) is 17.0 Å². The minimum absolute atomic E-state index is 0.238. The summed E-state index contributed by atoms with van der Waals surface area (Å²) in [6, 6.07) is 22.8. The lowest BCUT2D eigenvalue weighted by Gasteiger charge is -2.43. The van der Waals surface area contributed by atoms with Crippen LogP contribution in [0.1, 0.15) is 43.4 Å². The zero-order valence-corrected chi connectivity index (χ0v) is 18.6. The fourth-order valence-electron chi connectivity index (χ4n) is 4.42. The molecule has 3 aromatic rings. The number of rotatable bonds is 5. The number of halogens is 1. The van der Waals surface area contributed by atoms with Gasteiger partial charge in [0.15, 0.2) is 0 Å². The molecular weight excluding hydrogens is 389 g/mol. The molecule has 0 atom stereocenters. The number of hydrogen-bond donors (Lipinski definition) is 1. The van der Waals surface area contributed by atoms with Crippen molar-refractivity contribution in [3.8, 4) is 11.5 Å². The molecule has 0 amide bonds. The second-order valence-corrected chi connectivity index (χ2v) is 7.77. The summed E-state index contributed by atoms with van der Waals surface area (Å²) in [6.07, 6.45) is 1.74. The number of methoxy groups -OCH3 is 1. The summed E-state index contributed by atoms with van der Waals surface area (Å²) in [6.45, 7) is 6.74. The second kappa shape index (κ2) is 10.5. The molecule has 3 nitrogen and oxygen atoms in total. The van der Waals surface area contributed by atoms with Crippen LogP contribution in [0, 0.1) is 5.82 Å². The molecule has 1 aliphatic rings. The summed E-state index contributed by atoms with van der Waals surface area (Å²) in [5.74, 6) is 0.483.